The second-order valence-electron chi connectivity index (χ2n) is 6.66. The molecule has 26 heavy (non-hydrogen) atoms. The Kier molecular flexibility index (Phi) is 4.32. The van der Waals surface area contributed by atoms with Gasteiger partial charge in [-0.25, -0.2) is 0 Å². The topological polar surface area (TPSA) is 58.6 Å². The average molecular weight is 371 g/mol. The van der Waals surface area contributed by atoms with Crippen LogP contribution >= 0.6 is 11.6 Å². The lowest BCUT2D eigenvalue weighted by atomic mass is 10.1. The van der Waals surface area contributed by atoms with Crippen LogP contribution in [0.1, 0.15) is 28.8 Å². The maximum absolute atomic E-state index is 12.6. The van der Waals surface area contributed by atoms with Crippen molar-refractivity contribution in [3.63, 3.8) is 0 Å². The number of hydrogen-bond donors (Lipinski definition) is 1. The quantitative estimate of drug-likeness (QED) is 0.887. The maximum Gasteiger partial charge on any atom is 0.259 e. The second kappa shape index (κ2) is 6.65. The van der Waals surface area contributed by atoms with Crippen molar-refractivity contribution < 1.29 is 14.3 Å². The molecule has 5 nitrogen and oxygen atoms in total. The fourth-order valence-electron chi connectivity index (χ4n) is 3.29. The number of anilines is 2. The van der Waals surface area contributed by atoms with Crippen LogP contribution in [0, 0.1) is 5.92 Å². The highest BCUT2D eigenvalue weighted by Crippen LogP contribution is 2.37. The molecule has 1 saturated carbocycles. The van der Waals surface area contributed by atoms with Gasteiger partial charge in [0, 0.05) is 28.9 Å². The van der Waals surface area contributed by atoms with E-state index in [-0.39, 0.29) is 17.7 Å². The van der Waals surface area contributed by atoms with Gasteiger partial charge in [-0.2, -0.15) is 0 Å². The molecule has 2 aromatic carbocycles. The minimum atomic E-state index is -0.303. The van der Waals surface area contributed by atoms with Crippen molar-refractivity contribution in [1.82, 2.24) is 0 Å². The summed E-state index contributed by atoms with van der Waals surface area (Å²) in [6.07, 6.45) is 2.81. The van der Waals surface area contributed by atoms with Gasteiger partial charge in [0.2, 0.25) is 5.91 Å². The molecule has 2 aromatic rings. The molecule has 0 aromatic heterocycles. The van der Waals surface area contributed by atoms with Gasteiger partial charge in [-0.15, -0.1) is 0 Å². The molecule has 4 rings (SSSR count). The van der Waals surface area contributed by atoms with E-state index in [2.05, 4.69) is 5.32 Å². The highest BCUT2D eigenvalue weighted by atomic mass is 35.5. The summed E-state index contributed by atoms with van der Waals surface area (Å²) in [6.45, 7) is 0.712. The van der Waals surface area contributed by atoms with Crippen molar-refractivity contribution >= 4 is 34.8 Å². The number of halogens is 1. The summed E-state index contributed by atoms with van der Waals surface area (Å²) in [7, 11) is 1.51. The lowest BCUT2D eigenvalue weighted by Crippen LogP contribution is -2.30. The van der Waals surface area contributed by atoms with E-state index in [1.54, 1.807) is 18.2 Å². The van der Waals surface area contributed by atoms with Crippen LogP contribution in [0.25, 0.3) is 0 Å². The third-order valence-electron chi connectivity index (χ3n) is 4.84. The van der Waals surface area contributed by atoms with Gasteiger partial charge in [-0.1, -0.05) is 17.7 Å². The standard InChI is InChI=1S/C20H19ClN2O3/c1-26-18-7-5-14(21)10-16(18)19(24)22-15-6-4-12-8-9-23(17(12)11-15)20(25)13-2-3-13/h4-7,10-11,13H,2-3,8-9H2,1H3,(H,22,24). The van der Waals surface area contributed by atoms with Crippen LogP contribution in [-0.4, -0.2) is 25.5 Å². The van der Waals surface area contributed by atoms with Gasteiger partial charge in [0.15, 0.2) is 0 Å². The number of amides is 2. The van der Waals surface area contributed by atoms with Crippen molar-refractivity contribution in [2.24, 2.45) is 5.92 Å². The zero-order valence-electron chi connectivity index (χ0n) is 14.4. The first-order chi connectivity index (χ1) is 12.6. The Balaban J connectivity index is 1.58. The smallest absolute Gasteiger partial charge is 0.259 e. The number of hydrogen-bond acceptors (Lipinski definition) is 3. The molecule has 1 fully saturated rings. The number of benzene rings is 2. The molecule has 0 unspecified atom stereocenters. The third kappa shape index (κ3) is 3.15. The molecule has 6 heteroatoms. The highest BCUT2D eigenvalue weighted by molar-refractivity contribution is 6.31. The summed E-state index contributed by atoms with van der Waals surface area (Å²) >= 11 is 6.01. The van der Waals surface area contributed by atoms with E-state index in [0.29, 0.717) is 28.6 Å². The molecule has 1 heterocycles. The van der Waals surface area contributed by atoms with Crippen LogP contribution in [0.5, 0.6) is 5.75 Å². The number of rotatable bonds is 4. The largest absolute Gasteiger partial charge is 0.496 e. The van der Waals surface area contributed by atoms with Crippen LogP contribution in [0.4, 0.5) is 11.4 Å². The molecule has 1 aliphatic carbocycles. The van der Waals surface area contributed by atoms with Gasteiger partial charge < -0.3 is 15.0 Å². The zero-order chi connectivity index (χ0) is 18.3. The summed E-state index contributed by atoms with van der Waals surface area (Å²) in [4.78, 5) is 27.0. The van der Waals surface area contributed by atoms with Crippen molar-refractivity contribution in [3.8, 4) is 5.75 Å². The SMILES string of the molecule is COc1ccc(Cl)cc1C(=O)Nc1ccc2c(c1)N(C(=O)C1CC1)CC2. The first-order valence-electron chi connectivity index (χ1n) is 8.66. The zero-order valence-corrected chi connectivity index (χ0v) is 15.2. The molecule has 2 amide bonds. The number of carbonyl (C=O) groups excluding carboxylic acids is 2. The number of ether oxygens (including phenoxy) is 1. The minimum Gasteiger partial charge on any atom is -0.496 e. The molecule has 134 valence electrons. The number of methoxy groups -OCH3 is 1. The maximum atomic E-state index is 12.6. The van der Waals surface area contributed by atoms with E-state index in [4.69, 9.17) is 16.3 Å². The Morgan fingerprint density at radius 1 is 1.19 bits per heavy atom. The van der Waals surface area contributed by atoms with Crippen LogP contribution in [-0.2, 0) is 11.2 Å². The number of fused-ring (bicyclic) bond motifs is 1. The molecular formula is C20H19ClN2O3. The van der Waals surface area contributed by atoms with Crippen LogP contribution < -0.4 is 15.0 Å². The summed E-state index contributed by atoms with van der Waals surface area (Å²) in [5, 5.41) is 3.34. The van der Waals surface area contributed by atoms with Gasteiger partial charge in [0.05, 0.1) is 12.7 Å². The molecule has 0 atom stereocenters. The van der Waals surface area contributed by atoms with Gasteiger partial charge in [0.1, 0.15) is 5.75 Å². The molecule has 0 saturated heterocycles. The lowest BCUT2D eigenvalue weighted by Gasteiger charge is -2.18. The Labute approximate surface area is 156 Å². The van der Waals surface area contributed by atoms with Crippen molar-refractivity contribution in [1.29, 1.82) is 0 Å². The molecule has 2 aliphatic rings. The molecule has 1 N–H and O–H groups in total. The summed E-state index contributed by atoms with van der Waals surface area (Å²) < 4.78 is 5.24. The highest BCUT2D eigenvalue weighted by Gasteiger charge is 2.36. The Morgan fingerprint density at radius 2 is 2.00 bits per heavy atom. The second-order valence-corrected chi connectivity index (χ2v) is 7.09. The van der Waals surface area contributed by atoms with Gasteiger partial charge in [0.25, 0.3) is 5.91 Å². The van der Waals surface area contributed by atoms with E-state index in [1.807, 2.05) is 23.1 Å². The molecule has 0 spiro atoms. The third-order valence-corrected chi connectivity index (χ3v) is 5.07. The van der Waals surface area contributed by atoms with E-state index >= 15 is 0 Å². The van der Waals surface area contributed by atoms with E-state index in [9.17, 15) is 9.59 Å². The van der Waals surface area contributed by atoms with Crippen molar-refractivity contribution in [2.75, 3.05) is 23.9 Å². The number of carbonyl (C=O) groups is 2. The first kappa shape index (κ1) is 16.9. The van der Waals surface area contributed by atoms with Gasteiger partial charge >= 0.3 is 0 Å². The van der Waals surface area contributed by atoms with E-state index in [0.717, 1.165) is 30.5 Å². The summed E-state index contributed by atoms with van der Waals surface area (Å²) in [5.74, 6) is 0.527. The summed E-state index contributed by atoms with van der Waals surface area (Å²) in [5.41, 5.74) is 3.05. The fraction of sp³-hybridized carbons (Fsp3) is 0.300. The predicted octanol–water partition coefficient (Wildman–Crippen LogP) is 3.90. The summed E-state index contributed by atoms with van der Waals surface area (Å²) in [6, 6.07) is 10.6. The van der Waals surface area contributed by atoms with Crippen molar-refractivity contribution in [3.05, 3.63) is 52.5 Å². The lowest BCUT2D eigenvalue weighted by molar-refractivity contribution is -0.119. The monoisotopic (exact) mass is 370 g/mol. The molecule has 0 radical (unpaired) electrons. The Hall–Kier alpha value is -2.53. The van der Waals surface area contributed by atoms with Gasteiger partial charge in [-0.3, -0.25) is 9.59 Å². The molecular weight excluding hydrogens is 352 g/mol. The van der Waals surface area contributed by atoms with Gasteiger partial charge in [-0.05, 0) is 55.2 Å². The number of nitrogens with one attached hydrogen (secondary N) is 1. The fourth-order valence-corrected chi connectivity index (χ4v) is 3.46. The molecule has 1 aliphatic heterocycles. The Morgan fingerprint density at radius 3 is 2.73 bits per heavy atom. The van der Waals surface area contributed by atoms with Crippen LogP contribution in [0.2, 0.25) is 5.02 Å². The van der Waals surface area contributed by atoms with Crippen LogP contribution in [0.3, 0.4) is 0 Å². The normalized spacial score (nSPS) is 15.5. The average Bonchev–Trinajstić information content (AvgIpc) is 3.41. The predicted molar refractivity (Wildman–Crippen MR) is 101 cm³/mol. The Bertz CT molecular complexity index is 893. The minimum absolute atomic E-state index is 0.176. The van der Waals surface area contributed by atoms with E-state index < -0.39 is 0 Å². The van der Waals surface area contributed by atoms with Crippen molar-refractivity contribution in [2.45, 2.75) is 19.3 Å². The number of nitrogens with zero attached hydrogens (tertiary/aromatic N) is 1. The molecule has 0 bridgehead atoms. The first-order valence-corrected chi connectivity index (χ1v) is 9.04. The van der Waals surface area contributed by atoms with E-state index in [1.165, 1.54) is 7.11 Å². The van der Waals surface area contributed by atoms with Crippen LogP contribution in [0.15, 0.2) is 36.4 Å².